The molecule has 1 rings (SSSR count). The molecule has 0 unspecified atom stereocenters. The van der Waals surface area contributed by atoms with E-state index < -0.39 is 0 Å². The molecule has 0 aliphatic rings. The van der Waals surface area contributed by atoms with Crippen LogP contribution in [0.2, 0.25) is 0 Å². The number of nitrogens with zero attached hydrogens (tertiary/aromatic N) is 1. The third kappa shape index (κ3) is 1.44. The fourth-order valence-electron chi connectivity index (χ4n) is 0.463. The van der Waals surface area contributed by atoms with E-state index in [9.17, 15) is 0 Å². The standard InChI is InChI=1S/C5H6IN3/c6-4-1-3(7)2-9-5(4)8/h1-2H,7H2,(H2,8,9). The highest BCUT2D eigenvalue weighted by atomic mass is 127. The summed E-state index contributed by atoms with van der Waals surface area (Å²) in [6.45, 7) is 0. The number of nitrogens with two attached hydrogens (primary N) is 2. The van der Waals surface area contributed by atoms with Crippen LogP contribution in [-0.4, -0.2) is 4.98 Å². The topological polar surface area (TPSA) is 64.9 Å². The van der Waals surface area contributed by atoms with Crippen LogP contribution >= 0.6 is 22.6 Å². The van der Waals surface area contributed by atoms with Crippen LogP contribution in [0.3, 0.4) is 0 Å². The van der Waals surface area contributed by atoms with Crippen LogP contribution in [0, 0.1) is 3.57 Å². The summed E-state index contributed by atoms with van der Waals surface area (Å²) in [7, 11) is 0. The highest BCUT2D eigenvalue weighted by molar-refractivity contribution is 14.1. The van der Waals surface area contributed by atoms with Crippen LogP contribution in [0.15, 0.2) is 12.3 Å². The summed E-state index contributed by atoms with van der Waals surface area (Å²) < 4.78 is 0.896. The molecule has 4 N–H and O–H groups in total. The molecule has 3 nitrogen and oxygen atoms in total. The Morgan fingerprint density at radius 3 is 2.56 bits per heavy atom. The van der Waals surface area contributed by atoms with Crippen molar-refractivity contribution in [1.82, 2.24) is 4.98 Å². The van der Waals surface area contributed by atoms with Gasteiger partial charge in [-0.3, -0.25) is 0 Å². The molecule has 1 heterocycles. The fraction of sp³-hybridized carbons (Fsp3) is 0. The Balaban J connectivity index is 3.17. The molecule has 9 heavy (non-hydrogen) atoms. The maximum atomic E-state index is 5.41. The lowest BCUT2D eigenvalue weighted by Crippen LogP contribution is -1.95. The Hall–Kier alpha value is -0.520. The molecule has 4 heteroatoms. The predicted molar refractivity (Wildman–Crippen MR) is 45.8 cm³/mol. The summed E-state index contributed by atoms with van der Waals surface area (Å²) >= 11 is 2.08. The number of hydrogen-bond acceptors (Lipinski definition) is 3. The van der Waals surface area contributed by atoms with Crippen LogP contribution in [-0.2, 0) is 0 Å². The minimum absolute atomic E-state index is 0.532. The molecule has 48 valence electrons. The van der Waals surface area contributed by atoms with E-state index in [-0.39, 0.29) is 0 Å². The molecular weight excluding hydrogens is 229 g/mol. The Morgan fingerprint density at radius 1 is 1.44 bits per heavy atom. The Bertz CT molecular complexity index is 223. The molecule has 0 atom stereocenters. The number of anilines is 2. The van der Waals surface area contributed by atoms with E-state index in [0.717, 1.165) is 3.57 Å². The van der Waals surface area contributed by atoms with Gasteiger partial charge in [0.05, 0.1) is 15.5 Å². The molecule has 0 bridgehead atoms. The lowest BCUT2D eigenvalue weighted by atomic mass is 10.4. The van der Waals surface area contributed by atoms with Crippen LogP contribution in [0.5, 0.6) is 0 Å². The molecule has 0 saturated carbocycles. The normalized spacial score (nSPS) is 9.44. The van der Waals surface area contributed by atoms with Crippen LogP contribution < -0.4 is 11.5 Å². The maximum absolute atomic E-state index is 5.41. The van der Waals surface area contributed by atoms with Gasteiger partial charge in [0.25, 0.3) is 0 Å². The zero-order valence-corrected chi connectivity index (χ0v) is 6.79. The van der Waals surface area contributed by atoms with Crippen molar-refractivity contribution in [3.05, 3.63) is 15.8 Å². The van der Waals surface area contributed by atoms with Gasteiger partial charge in [-0.2, -0.15) is 0 Å². The molecule has 0 aromatic carbocycles. The van der Waals surface area contributed by atoms with E-state index in [0.29, 0.717) is 11.5 Å². The van der Waals surface area contributed by atoms with Gasteiger partial charge in [0.15, 0.2) is 0 Å². The third-order valence-corrected chi connectivity index (χ3v) is 1.75. The number of pyridine rings is 1. The van der Waals surface area contributed by atoms with Crippen LogP contribution in [0.25, 0.3) is 0 Å². The van der Waals surface area contributed by atoms with Crippen molar-refractivity contribution in [2.24, 2.45) is 0 Å². The van der Waals surface area contributed by atoms with E-state index in [1.807, 2.05) is 0 Å². The molecule has 1 aromatic heterocycles. The van der Waals surface area contributed by atoms with Crippen LogP contribution in [0.4, 0.5) is 11.5 Å². The second kappa shape index (κ2) is 2.38. The zero-order valence-electron chi connectivity index (χ0n) is 4.63. The molecule has 0 radical (unpaired) electrons. The van der Waals surface area contributed by atoms with E-state index >= 15 is 0 Å². The van der Waals surface area contributed by atoms with Crippen molar-refractivity contribution in [1.29, 1.82) is 0 Å². The monoisotopic (exact) mass is 235 g/mol. The molecule has 0 aliphatic heterocycles. The minimum Gasteiger partial charge on any atom is -0.397 e. The molecule has 0 aliphatic carbocycles. The average molecular weight is 235 g/mol. The van der Waals surface area contributed by atoms with Crippen molar-refractivity contribution in [2.75, 3.05) is 11.5 Å². The molecular formula is C5H6IN3. The van der Waals surface area contributed by atoms with Gasteiger partial charge >= 0.3 is 0 Å². The van der Waals surface area contributed by atoms with E-state index in [2.05, 4.69) is 27.6 Å². The quantitative estimate of drug-likeness (QED) is 0.655. The van der Waals surface area contributed by atoms with Crippen molar-refractivity contribution >= 4 is 34.1 Å². The van der Waals surface area contributed by atoms with Gasteiger partial charge in [-0.25, -0.2) is 4.98 Å². The van der Waals surface area contributed by atoms with Gasteiger partial charge < -0.3 is 11.5 Å². The molecule has 0 saturated heterocycles. The number of hydrogen-bond donors (Lipinski definition) is 2. The largest absolute Gasteiger partial charge is 0.397 e. The van der Waals surface area contributed by atoms with Crippen LogP contribution in [0.1, 0.15) is 0 Å². The number of aromatic nitrogens is 1. The third-order valence-electron chi connectivity index (χ3n) is 0.891. The summed E-state index contributed by atoms with van der Waals surface area (Å²) in [5, 5.41) is 0. The SMILES string of the molecule is Nc1cnc(N)c(I)c1. The summed E-state index contributed by atoms with van der Waals surface area (Å²) in [6.07, 6.45) is 1.54. The molecule has 0 amide bonds. The Labute approximate surface area is 66.6 Å². The summed E-state index contributed by atoms with van der Waals surface area (Å²) in [4.78, 5) is 3.82. The highest BCUT2D eigenvalue weighted by Crippen LogP contribution is 2.13. The molecule has 0 spiro atoms. The number of nitrogen functional groups attached to an aromatic ring is 2. The molecule has 0 fully saturated rings. The second-order valence-electron chi connectivity index (χ2n) is 1.64. The average Bonchev–Trinajstić information content (AvgIpc) is 1.80. The highest BCUT2D eigenvalue weighted by Gasteiger charge is 1.93. The number of rotatable bonds is 0. The van der Waals surface area contributed by atoms with Crippen molar-refractivity contribution in [2.45, 2.75) is 0 Å². The van der Waals surface area contributed by atoms with E-state index in [1.165, 1.54) is 6.20 Å². The van der Waals surface area contributed by atoms with Gasteiger partial charge in [0.2, 0.25) is 0 Å². The van der Waals surface area contributed by atoms with E-state index in [4.69, 9.17) is 11.5 Å². The summed E-state index contributed by atoms with van der Waals surface area (Å²) in [5.74, 6) is 0.532. The first kappa shape index (κ1) is 6.60. The zero-order chi connectivity index (χ0) is 6.85. The predicted octanol–water partition coefficient (Wildman–Crippen LogP) is 0.851. The fourth-order valence-corrected chi connectivity index (χ4v) is 0.962. The number of halogens is 1. The first-order valence-electron chi connectivity index (χ1n) is 2.36. The van der Waals surface area contributed by atoms with Gasteiger partial charge in [-0.1, -0.05) is 0 Å². The Kier molecular flexibility index (Phi) is 1.75. The lowest BCUT2D eigenvalue weighted by Gasteiger charge is -1.95. The molecule has 1 aromatic rings. The maximum Gasteiger partial charge on any atom is 0.136 e. The summed E-state index contributed by atoms with van der Waals surface area (Å²) in [5.41, 5.74) is 11.5. The first-order valence-corrected chi connectivity index (χ1v) is 3.44. The van der Waals surface area contributed by atoms with Crippen molar-refractivity contribution in [3.8, 4) is 0 Å². The van der Waals surface area contributed by atoms with Crippen molar-refractivity contribution < 1.29 is 0 Å². The van der Waals surface area contributed by atoms with Gasteiger partial charge in [-0.15, -0.1) is 0 Å². The van der Waals surface area contributed by atoms with Gasteiger partial charge in [-0.05, 0) is 28.7 Å². The van der Waals surface area contributed by atoms with Gasteiger partial charge in [0.1, 0.15) is 5.82 Å². The van der Waals surface area contributed by atoms with Gasteiger partial charge in [0, 0.05) is 0 Å². The second-order valence-corrected chi connectivity index (χ2v) is 2.80. The lowest BCUT2D eigenvalue weighted by molar-refractivity contribution is 1.32. The van der Waals surface area contributed by atoms with Crippen molar-refractivity contribution in [3.63, 3.8) is 0 Å². The minimum atomic E-state index is 0.532. The first-order chi connectivity index (χ1) is 4.20. The Morgan fingerprint density at radius 2 is 2.11 bits per heavy atom. The smallest absolute Gasteiger partial charge is 0.136 e. The summed E-state index contributed by atoms with van der Waals surface area (Å²) in [6, 6.07) is 1.78. The van der Waals surface area contributed by atoms with E-state index in [1.54, 1.807) is 6.07 Å².